The Labute approximate surface area is 232 Å². The van der Waals surface area contributed by atoms with Crippen LogP contribution in [-0.4, -0.2) is 83.0 Å². The van der Waals surface area contributed by atoms with Crippen LogP contribution in [0.15, 0.2) is 48.5 Å². The topological polar surface area (TPSA) is 121 Å². The van der Waals surface area contributed by atoms with Crippen molar-refractivity contribution in [3.8, 4) is 17.1 Å². The smallest absolute Gasteiger partial charge is 0.247 e. The Hall–Kier alpha value is -3.90. The molecule has 3 aromatic rings. The molecule has 214 valence electrons. The van der Waals surface area contributed by atoms with Gasteiger partial charge in [0.15, 0.2) is 0 Å². The van der Waals surface area contributed by atoms with Crippen molar-refractivity contribution in [2.24, 2.45) is 0 Å². The van der Waals surface area contributed by atoms with Crippen LogP contribution >= 0.6 is 0 Å². The first-order valence-corrected chi connectivity index (χ1v) is 13.4. The van der Waals surface area contributed by atoms with Gasteiger partial charge < -0.3 is 24.4 Å². The molecule has 1 saturated heterocycles. The Bertz CT molecular complexity index is 1230. The lowest BCUT2D eigenvalue weighted by atomic mass is 10.0. The van der Waals surface area contributed by atoms with E-state index in [-0.39, 0.29) is 25.1 Å². The van der Waals surface area contributed by atoms with Crippen molar-refractivity contribution in [2.75, 3.05) is 40.0 Å². The number of hydrogen-bond donors (Lipinski definition) is 1. The van der Waals surface area contributed by atoms with Crippen LogP contribution in [0.5, 0.6) is 5.75 Å². The van der Waals surface area contributed by atoms with Gasteiger partial charge in [-0.25, -0.2) is 4.39 Å². The van der Waals surface area contributed by atoms with Gasteiger partial charge in [-0.3, -0.25) is 9.59 Å². The van der Waals surface area contributed by atoms with Gasteiger partial charge in [0.25, 0.3) is 0 Å². The first-order valence-electron chi connectivity index (χ1n) is 13.4. The molecule has 0 spiro atoms. The predicted molar refractivity (Wildman–Crippen MR) is 144 cm³/mol. The van der Waals surface area contributed by atoms with E-state index in [1.165, 1.54) is 34.0 Å². The minimum atomic E-state index is -0.999. The van der Waals surface area contributed by atoms with Crippen molar-refractivity contribution in [1.82, 2.24) is 30.4 Å². The van der Waals surface area contributed by atoms with E-state index in [1.807, 2.05) is 6.92 Å². The molecule has 0 saturated carbocycles. The zero-order chi connectivity index (χ0) is 28.3. The fourth-order valence-electron chi connectivity index (χ4n) is 4.49. The molecule has 2 atom stereocenters. The van der Waals surface area contributed by atoms with Gasteiger partial charge in [-0.15, -0.1) is 10.2 Å². The third-order valence-corrected chi connectivity index (χ3v) is 6.56. The van der Waals surface area contributed by atoms with Crippen molar-refractivity contribution < 1.29 is 28.2 Å². The van der Waals surface area contributed by atoms with Crippen molar-refractivity contribution >= 4 is 11.8 Å². The van der Waals surface area contributed by atoms with Gasteiger partial charge in [0, 0.05) is 38.5 Å². The number of aromatic nitrogens is 4. The first-order chi connectivity index (χ1) is 19.5. The Morgan fingerprint density at radius 1 is 1.20 bits per heavy atom. The standard InChI is InChI=1S/C28H35FN6O5/c1-3-39-16-5-15-34(25(36)19-35-32-27(31-33-35)21-9-13-23(38-2)14-10-21)26(20-7-11-22(29)12-8-20)28(37)30-18-24-6-4-17-40-24/h7-14,24,26H,3-6,15-19H2,1-2H3,(H,30,37)/t24-,26-/m0/s1. The maximum absolute atomic E-state index is 13.8. The zero-order valence-corrected chi connectivity index (χ0v) is 22.8. The van der Waals surface area contributed by atoms with Gasteiger partial charge in [-0.1, -0.05) is 12.1 Å². The Morgan fingerprint density at radius 2 is 1.98 bits per heavy atom. The minimum Gasteiger partial charge on any atom is -0.497 e. The summed E-state index contributed by atoms with van der Waals surface area (Å²) >= 11 is 0. The maximum Gasteiger partial charge on any atom is 0.247 e. The van der Waals surface area contributed by atoms with Crippen molar-refractivity contribution in [3.63, 3.8) is 0 Å². The molecule has 0 bridgehead atoms. The number of ether oxygens (including phenoxy) is 3. The number of nitrogens with zero attached hydrogens (tertiary/aromatic N) is 5. The van der Waals surface area contributed by atoms with E-state index in [1.54, 1.807) is 31.4 Å². The molecule has 0 unspecified atom stereocenters. The van der Waals surface area contributed by atoms with Crippen molar-refractivity contribution in [3.05, 3.63) is 59.9 Å². The molecule has 0 radical (unpaired) electrons. The van der Waals surface area contributed by atoms with Crippen LogP contribution in [0.25, 0.3) is 11.4 Å². The van der Waals surface area contributed by atoms with Crippen LogP contribution in [0.2, 0.25) is 0 Å². The highest BCUT2D eigenvalue weighted by Gasteiger charge is 2.32. The lowest BCUT2D eigenvalue weighted by molar-refractivity contribution is -0.142. The van der Waals surface area contributed by atoms with Crippen molar-refractivity contribution in [1.29, 1.82) is 0 Å². The number of amides is 2. The SMILES string of the molecule is CCOCCCN(C(=O)Cn1nnc(-c2ccc(OC)cc2)n1)[C@H](C(=O)NC[C@@H]1CCCO1)c1ccc(F)cc1. The average molecular weight is 555 g/mol. The van der Waals surface area contributed by atoms with Crippen LogP contribution in [0.3, 0.4) is 0 Å². The van der Waals surface area contributed by atoms with Gasteiger partial charge in [0.1, 0.15) is 24.2 Å². The van der Waals surface area contributed by atoms with E-state index in [4.69, 9.17) is 14.2 Å². The molecule has 1 aromatic heterocycles. The van der Waals surface area contributed by atoms with Gasteiger partial charge in [0.05, 0.1) is 13.2 Å². The normalized spacial score (nSPS) is 15.5. The molecule has 12 heteroatoms. The lowest BCUT2D eigenvalue weighted by Crippen LogP contribution is -2.47. The van der Waals surface area contributed by atoms with Gasteiger partial charge in [0.2, 0.25) is 17.6 Å². The highest BCUT2D eigenvalue weighted by molar-refractivity contribution is 5.88. The number of nitrogens with one attached hydrogen (secondary N) is 1. The third-order valence-electron chi connectivity index (χ3n) is 6.56. The lowest BCUT2D eigenvalue weighted by Gasteiger charge is -2.31. The van der Waals surface area contributed by atoms with Crippen LogP contribution in [0, 0.1) is 5.82 Å². The van der Waals surface area contributed by atoms with E-state index in [2.05, 4.69) is 20.7 Å². The molecule has 1 fully saturated rings. The van der Waals surface area contributed by atoms with E-state index < -0.39 is 17.8 Å². The Kier molecular flexibility index (Phi) is 10.5. The summed E-state index contributed by atoms with van der Waals surface area (Å²) in [5.74, 6) is -0.162. The molecule has 1 aliphatic rings. The molecule has 1 aliphatic heterocycles. The largest absolute Gasteiger partial charge is 0.497 e. The fraction of sp³-hybridized carbons (Fsp3) is 0.464. The second-order valence-electron chi connectivity index (χ2n) is 9.34. The molecule has 11 nitrogen and oxygen atoms in total. The summed E-state index contributed by atoms with van der Waals surface area (Å²) in [4.78, 5) is 29.9. The molecule has 2 heterocycles. The number of halogens is 1. The van der Waals surface area contributed by atoms with Gasteiger partial charge in [-0.05, 0) is 73.4 Å². The minimum absolute atomic E-state index is 0.0735. The molecule has 2 aromatic carbocycles. The molecular weight excluding hydrogens is 519 g/mol. The summed E-state index contributed by atoms with van der Waals surface area (Å²) < 4.78 is 30.1. The monoisotopic (exact) mass is 554 g/mol. The summed E-state index contributed by atoms with van der Waals surface area (Å²) in [6.45, 7) is 3.81. The summed E-state index contributed by atoms with van der Waals surface area (Å²) in [6, 6.07) is 11.7. The molecule has 4 rings (SSSR count). The quantitative estimate of drug-likeness (QED) is 0.302. The summed E-state index contributed by atoms with van der Waals surface area (Å²) in [5.41, 5.74) is 1.20. The number of methoxy groups -OCH3 is 1. The van der Waals surface area contributed by atoms with E-state index in [0.29, 0.717) is 55.5 Å². The number of rotatable bonds is 14. The molecule has 2 amide bonds. The van der Waals surface area contributed by atoms with Crippen molar-refractivity contribution in [2.45, 2.75) is 44.9 Å². The molecular formula is C28H35FN6O5. The number of tetrazole rings is 1. The van der Waals surface area contributed by atoms with E-state index in [9.17, 15) is 14.0 Å². The summed E-state index contributed by atoms with van der Waals surface area (Å²) in [5, 5.41) is 15.4. The van der Waals surface area contributed by atoms with Gasteiger partial charge >= 0.3 is 0 Å². The van der Waals surface area contributed by atoms with Gasteiger partial charge in [-0.2, -0.15) is 4.80 Å². The number of hydrogen-bond acceptors (Lipinski definition) is 8. The third kappa shape index (κ3) is 7.82. The maximum atomic E-state index is 13.8. The highest BCUT2D eigenvalue weighted by atomic mass is 19.1. The summed E-state index contributed by atoms with van der Waals surface area (Å²) in [7, 11) is 1.58. The zero-order valence-electron chi connectivity index (χ0n) is 22.8. The van der Waals surface area contributed by atoms with Crippen LogP contribution in [-0.2, 0) is 25.6 Å². The first kappa shape index (κ1) is 29.1. The Balaban J connectivity index is 1.55. The van der Waals surface area contributed by atoms with E-state index >= 15 is 0 Å². The van der Waals surface area contributed by atoms with Crippen LogP contribution in [0.4, 0.5) is 4.39 Å². The van der Waals surface area contributed by atoms with Crippen LogP contribution < -0.4 is 10.1 Å². The average Bonchev–Trinajstić information content (AvgIpc) is 3.67. The second-order valence-corrected chi connectivity index (χ2v) is 9.34. The highest BCUT2D eigenvalue weighted by Crippen LogP contribution is 2.24. The number of benzene rings is 2. The van der Waals surface area contributed by atoms with E-state index in [0.717, 1.165) is 12.8 Å². The Morgan fingerprint density at radius 3 is 2.65 bits per heavy atom. The molecule has 0 aliphatic carbocycles. The molecule has 1 N–H and O–H groups in total. The fourth-order valence-corrected chi connectivity index (χ4v) is 4.49. The second kappa shape index (κ2) is 14.5. The summed E-state index contributed by atoms with van der Waals surface area (Å²) in [6.07, 6.45) is 2.22. The van der Waals surface area contributed by atoms with Crippen LogP contribution in [0.1, 0.15) is 37.8 Å². The number of carbonyl (C=O) groups excluding carboxylic acids is 2. The molecule has 40 heavy (non-hydrogen) atoms. The number of carbonyl (C=O) groups is 2. The predicted octanol–water partition coefficient (Wildman–Crippen LogP) is 2.78.